The van der Waals surface area contributed by atoms with Gasteiger partial charge >= 0.3 is 6.09 Å². The molecule has 12 nitrogen and oxygen atoms in total. The number of carbonyl (C=O) groups is 2. The van der Waals surface area contributed by atoms with Gasteiger partial charge in [0.15, 0.2) is 0 Å². The molecule has 5 rings (SSSR count). The second-order valence-corrected chi connectivity index (χ2v) is 10.9. The van der Waals surface area contributed by atoms with Crippen LogP contribution in [0.15, 0.2) is 52.4 Å². The molecule has 38 heavy (non-hydrogen) atoms. The number of hydrogen-bond acceptors (Lipinski definition) is 9. The first-order chi connectivity index (χ1) is 18.1. The number of hydrogen-bond donors (Lipinski definition) is 1. The zero-order valence-corrected chi connectivity index (χ0v) is 21.5. The van der Waals surface area contributed by atoms with Gasteiger partial charge in [0.25, 0.3) is 5.91 Å². The van der Waals surface area contributed by atoms with Crippen LogP contribution in [0.5, 0.6) is 0 Å². The molecule has 0 bridgehead atoms. The molecule has 1 atom stereocenters. The number of carbonyl (C=O) groups excluding carboxylic acids is 2. The lowest BCUT2D eigenvalue weighted by Crippen LogP contribution is -2.33. The molecule has 2 amide bonds. The minimum Gasteiger partial charge on any atom is -0.453 e. The number of ether oxygens (including phenoxy) is 1. The zero-order chi connectivity index (χ0) is 27.2. The average Bonchev–Trinajstić information content (AvgIpc) is 3.56. The van der Waals surface area contributed by atoms with E-state index in [1.54, 1.807) is 24.3 Å². The van der Waals surface area contributed by atoms with Crippen molar-refractivity contribution in [2.24, 2.45) is 5.73 Å². The number of halogens is 2. The molecule has 2 aliphatic rings. The van der Waals surface area contributed by atoms with Crippen LogP contribution in [-0.4, -0.2) is 65.7 Å². The Morgan fingerprint density at radius 1 is 1.26 bits per heavy atom. The third-order valence-corrected chi connectivity index (χ3v) is 8.02. The lowest BCUT2D eigenvalue weighted by atomic mass is 10.1. The highest BCUT2D eigenvalue weighted by Gasteiger charge is 2.34. The minimum absolute atomic E-state index is 0.0658. The highest BCUT2D eigenvalue weighted by molar-refractivity contribution is 7.94. The molecular weight excluding hydrogens is 541 g/mol. The summed E-state index contributed by atoms with van der Waals surface area (Å²) in [4.78, 5) is 28.4. The van der Waals surface area contributed by atoms with E-state index in [4.69, 9.17) is 22.1 Å². The number of rotatable bonds is 4. The standard InChI is InChI=1S/C23H21ClFN7O5S/c1-37-23(34)30-7-6-15(11-30)32-28-21(27-29-32)16-8-19-20(9-17(16)25)38(35,36)12-18(26)22(33)31(19)10-13-2-4-14(24)5-3-13/h2-5,8-9,12,15H,6-7,10-11,26H2,1H3. The van der Waals surface area contributed by atoms with Crippen LogP contribution in [0.2, 0.25) is 5.02 Å². The van der Waals surface area contributed by atoms with E-state index in [9.17, 15) is 18.0 Å². The molecule has 198 valence electrons. The van der Waals surface area contributed by atoms with Gasteiger partial charge in [0.05, 0.1) is 41.3 Å². The minimum atomic E-state index is -4.26. The van der Waals surface area contributed by atoms with Crippen LogP contribution < -0.4 is 10.6 Å². The smallest absolute Gasteiger partial charge is 0.409 e. The van der Waals surface area contributed by atoms with Crippen LogP contribution in [0.25, 0.3) is 11.4 Å². The van der Waals surface area contributed by atoms with Crippen LogP contribution in [-0.2, 0) is 25.9 Å². The van der Waals surface area contributed by atoms with E-state index in [-0.39, 0.29) is 36.2 Å². The number of likely N-dealkylation sites (tertiary alicyclic amines) is 1. The van der Waals surface area contributed by atoms with Crippen molar-refractivity contribution in [1.29, 1.82) is 0 Å². The number of nitrogens with two attached hydrogens (primary N) is 1. The normalized spacial score (nSPS) is 18.7. The molecular formula is C23H21ClFN7O5S. The largest absolute Gasteiger partial charge is 0.453 e. The maximum atomic E-state index is 15.3. The summed E-state index contributed by atoms with van der Waals surface area (Å²) in [6, 6.07) is 8.28. The summed E-state index contributed by atoms with van der Waals surface area (Å²) >= 11 is 5.96. The molecule has 0 aliphatic carbocycles. The lowest BCUT2D eigenvalue weighted by molar-refractivity contribution is -0.115. The number of aromatic nitrogens is 4. The Kier molecular flexibility index (Phi) is 6.53. The molecule has 2 aliphatic heterocycles. The van der Waals surface area contributed by atoms with Gasteiger partial charge in [-0.15, -0.1) is 10.2 Å². The number of sulfone groups is 1. The molecule has 3 aromatic rings. The van der Waals surface area contributed by atoms with Crippen LogP contribution in [0.3, 0.4) is 0 Å². The van der Waals surface area contributed by atoms with E-state index in [2.05, 4.69) is 15.4 Å². The first kappa shape index (κ1) is 25.6. The zero-order valence-electron chi connectivity index (χ0n) is 19.9. The van der Waals surface area contributed by atoms with E-state index < -0.39 is 38.2 Å². The van der Waals surface area contributed by atoms with Gasteiger partial charge < -0.3 is 20.3 Å². The van der Waals surface area contributed by atoms with Gasteiger partial charge in [-0.25, -0.2) is 17.6 Å². The second kappa shape index (κ2) is 9.68. The molecule has 2 aromatic carbocycles. The van der Waals surface area contributed by atoms with E-state index in [0.29, 0.717) is 29.0 Å². The molecule has 2 N–H and O–H groups in total. The van der Waals surface area contributed by atoms with Crippen molar-refractivity contribution in [1.82, 2.24) is 25.1 Å². The highest BCUT2D eigenvalue weighted by Crippen LogP contribution is 2.37. The van der Waals surface area contributed by atoms with Gasteiger partial charge in [0, 0.05) is 18.1 Å². The lowest BCUT2D eigenvalue weighted by Gasteiger charge is -2.24. The Bertz CT molecular complexity index is 1580. The van der Waals surface area contributed by atoms with Crippen LogP contribution in [0, 0.1) is 5.82 Å². The van der Waals surface area contributed by atoms with E-state index in [0.717, 1.165) is 11.0 Å². The van der Waals surface area contributed by atoms with E-state index in [1.165, 1.54) is 22.9 Å². The van der Waals surface area contributed by atoms with Crippen LogP contribution in [0.4, 0.5) is 14.9 Å². The summed E-state index contributed by atoms with van der Waals surface area (Å²) < 4.78 is 46.0. The van der Waals surface area contributed by atoms with Crippen molar-refractivity contribution in [3.05, 3.63) is 63.9 Å². The fourth-order valence-corrected chi connectivity index (χ4v) is 5.76. The number of nitrogens with zero attached hydrogens (tertiary/aromatic N) is 6. The maximum Gasteiger partial charge on any atom is 0.409 e. The number of amides is 2. The van der Waals surface area contributed by atoms with Crippen LogP contribution in [0.1, 0.15) is 18.0 Å². The molecule has 0 saturated carbocycles. The fraction of sp³-hybridized carbons (Fsp3) is 0.261. The number of methoxy groups -OCH3 is 1. The molecule has 0 spiro atoms. The summed E-state index contributed by atoms with van der Waals surface area (Å²) in [5, 5.41) is 13.3. The van der Waals surface area contributed by atoms with Crippen molar-refractivity contribution in [2.45, 2.75) is 23.9 Å². The summed E-state index contributed by atoms with van der Waals surface area (Å²) in [6.07, 6.45) is 0.0496. The first-order valence-corrected chi connectivity index (χ1v) is 13.2. The molecule has 1 unspecified atom stereocenters. The summed E-state index contributed by atoms with van der Waals surface area (Å²) in [5.41, 5.74) is 5.67. The van der Waals surface area contributed by atoms with Gasteiger partial charge in [-0.05, 0) is 41.5 Å². The number of benzene rings is 2. The third kappa shape index (κ3) is 4.67. The predicted octanol–water partition coefficient (Wildman–Crippen LogP) is 2.27. The van der Waals surface area contributed by atoms with Gasteiger partial charge in [-0.1, -0.05) is 23.7 Å². The van der Waals surface area contributed by atoms with Gasteiger partial charge in [0.2, 0.25) is 15.7 Å². The Morgan fingerprint density at radius 3 is 2.71 bits per heavy atom. The molecule has 3 heterocycles. The van der Waals surface area contributed by atoms with Gasteiger partial charge in [-0.3, -0.25) is 4.79 Å². The third-order valence-electron chi connectivity index (χ3n) is 6.27. The average molecular weight is 562 g/mol. The Hall–Kier alpha value is -4.04. The molecule has 15 heteroatoms. The van der Waals surface area contributed by atoms with Crippen LogP contribution >= 0.6 is 11.6 Å². The molecule has 1 saturated heterocycles. The summed E-state index contributed by atoms with van der Waals surface area (Å²) in [7, 11) is -2.98. The summed E-state index contributed by atoms with van der Waals surface area (Å²) in [5.74, 6) is -1.82. The topological polar surface area (TPSA) is 154 Å². The van der Waals surface area contributed by atoms with E-state index in [1.807, 2.05) is 0 Å². The Balaban J connectivity index is 1.55. The van der Waals surface area contributed by atoms with Crippen molar-refractivity contribution in [2.75, 3.05) is 25.1 Å². The van der Waals surface area contributed by atoms with Gasteiger partial charge in [0.1, 0.15) is 11.5 Å². The quantitative estimate of drug-likeness (QED) is 0.505. The molecule has 0 radical (unpaired) electrons. The first-order valence-electron chi connectivity index (χ1n) is 11.3. The number of fused-ring (bicyclic) bond motifs is 1. The molecule has 1 aromatic heterocycles. The Labute approximate surface area is 221 Å². The highest BCUT2D eigenvalue weighted by atomic mass is 35.5. The number of anilines is 1. The van der Waals surface area contributed by atoms with Gasteiger partial charge in [-0.2, -0.15) is 4.80 Å². The fourth-order valence-electron chi connectivity index (χ4n) is 4.34. The van der Waals surface area contributed by atoms with Crippen molar-refractivity contribution in [3.63, 3.8) is 0 Å². The SMILES string of the molecule is COC(=O)N1CCC(n2nnc(-c3cc4c(cc3F)S(=O)(=O)C=C(N)C(=O)N4Cc3ccc(Cl)cc3)n2)C1. The van der Waals surface area contributed by atoms with E-state index >= 15 is 4.39 Å². The van der Waals surface area contributed by atoms with Crippen molar-refractivity contribution in [3.8, 4) is 11.4 Å². The van der Waals surface area contributed by atoms with Crippen molar-refractivity contribution >= 4 is 39.1 Å². The Morgan fingerprint density at radius 2 is 2.00 bits per heavy atom. The molecule has 1 fully saturated rings. The monoisotopic (exact) mass is 561 g/mol. The predicted molar refractivity (Wildman–Crippen MR) is 133 cm³/mol. The summed E-state index contributed by atoms with van der Waals surface area (Å²) in [6.45, 7) is 0.640. The maximum absolute atomic E-state index is 15.3. The number of tetrazole rings is 1. The second-order valence-electron chi connectivity index (χ2n) is 8.73. The van der Waals surface area contributed by atoms with Crippen molar-refractivity contribution < 1.29 is 27.1 Å².